The second-order valence-electron chi connectivity index (χ2n) is 5.93. The highest BCUT2D eigenvalue weighted by atomic mass is 19.4. The van der Waals surface area contributed by atoms with Crippen LogP contribution in [0.1, 0.15) is 39.0 Å². The lowest BCUT2D eigenvalue weighted by atomic mass is 9.76. The molecule has 0 aromatic heterocycles. The molecule has 5 heteroatoms. The number of rotatable bonds is 6. The number of nitrogens with one attached hydrogen (secondary N) is 1. The molecule has 3 unspecified atom stereocenters. The smallest absolute Gasteiger partial charge is 0.317 e. The summed E-state index contributed by atoms with van der Waals surface area (Å²) in [5.74, 6) is 1.03. The van der Waals surface area contributed by atoms with E-state index in [1.54, 1.807) is 7.05 Å². The Hall–Kier alpha value is -0.290. The number of hydrogen-bond donors (Lipinski definition) is 1. The quantitative estimate of drug-likeness (QED) is 0.803. The molecule has 0 radical (unpaired) electrons. The van der Waals surface area contributed by atoms with Gasteiger partial charge in [-0.05, 0) is 45.2 Å². The predicted molar refractivity (Wildman–Crippen MR) is 72.1 cm³/mol. The minimum absolute atomic E-state index is 0.336. The maximum absolute atomic E-state index is 12.4. The SMILES string of the molecule is CCCC1CCC(NC)C(CN(C)CC(F)(F)F)C1. The normalized spacial score (nSPS) is 28.9. The Morgan fingerprint density at radius 2 is 1.95 bits per heavy atom. The van der Waals surface area contributed by atoms with E-state index >= 15 is 0 Å². The summed E-state index contributed by atoms with van der Waals surface area (Å²) in [4.78, 5) is 1.42. The summed E-state index contributed by atoms with van der Waals surface area (Å²) < 4.78 is 37.1. The third-order valence-corrected chi connectivity index (χ3v) is 4.15. The fourth-order valence-corrected chi connectivity index (χ4v) is 3.38. The molecule has 0 bridgehead atoms. The van der Waals surface area contributed by atoms with E-state index < -0.39 is 12.7 Å². The van der Waals surface area contributed by atoms with E-state index in [0.29, 0.717) is 24.4 Å². The Balaban J connectivity index is 2.50. The second-order valence-corrected chi connectivity index (χ2v) is 5.93. The van der Waals surface area contributed by atoms with Crippen LogP contribution in [-0.2, 0) is 0 Å². The first-order valence-corrected chi connectivity index (χ1v) is 7.28. The van der Waals surface area contributed by atoms with Gasteiger partial charge in [0.2, 0.25) is 0 Å². The van der Waals surface area contributed by atoms with Crippen molar-refractivity contribution in [2.45, 2.75) is 51.2 Å². The van der Waals surface area contributed by atoms with Crippen LogP contribution in [0.15, 0.2) is 0 Å². The Bertz CT molecular complexity index is 256. The van der Waals surface area contributed by atoms with Crippen molar-refractivity contribution >= 4 is 0 Å². The summed E-state index contributed by atoms with van der Waals surface area (Å²) in [7, 11) is 3.49. The first-order valence-electron chi connectivity index (χ1n) is 7.28. The van der Waals surface area contributed by atoms with Crippen molar-refractivity contribution in [3.63, 3.8) is 0 Å². The Kier molecular flexibility index (Phi) is 6.60. The molecule has 0 heterocycles. The first-order chi connectivity index (χ1) is 8.85. The van der Waals surface area contributed by atoms with Crippen LogP contribution in [0.5, 0.6) is 0 Å². The van der Waals surface area contributed by atoms with Crippen LogP contribution in [-0.4, -0.2) is 44.3 Å². The van der Waals surface area contributed by atoms with Crippen LogP contribution in [0.4, 0.5) is 13.2 Å². The topological polar surface area (TPSA) is 15.3 Å². The summed E-state index contributed by atoms with van der Waals surface area (Å²) in [6, 6.07) is 0.365. The van der Waals surface area contributed by atoms with Gasteiger partial charge in [0, 0.05) is 12.6 Å². The monoisotopic (exact) mass is 280 g/mol. The molecule has 0 saturated heterocycles. The molecule has 0 amide bonds. The summed E-state index contributed by atoms with van der Waals surface area (Å²) in [6.45, 7) is 1.90. The van der Waals surface area contributed by atoms with Gasteiger partial charge >= 0.3 is 6.18 Å². The molecule has 1 rings (SSSR count). The summed E-state index contributed by atoms with van der Waals surface area (Å²) >= 11 is 0. The Labute approximate surface area is 114 Å². The molecule has 0 aliphatic heterocycles. The first kappa shape index (κ1) is 16.8. The molecular weight excluding hydrogens is 253 g/mol. The molecule has 3 atom stereocenters. The van der Waals surface area contributed by atoms with E-state index in [1.807, 2.05) is 7.05 Å². The van der Waals surface area contributed by atoms with Crippen molar-refractivity contribution < 1.29 is 13.2 Å². The van der Waals surface area contributed by atoms with Gasteiger partial charge in [0.15, 0.2) is 0 Å². The molecular formula is C14H27F3N2. The van der Waals surface area contributed by atoms with E-state index in [2.05, 4.69) is 12.2 Å². The molecule has 1 aliphatic carbocycles. The standard InChI is InChI=1S/C14H27F3N2/c1-4-5-11-6-7-13(18-2)12(8-11)9-19(3)10-14(15,16)17/h11-13,18H,4-10H2,1-3H3. The molecule has 1 saturated carbocycles. The van der Waals surface area contributed by atoms with E-state index in [-0.39, 0.29) is 0 Å². The lowest BCUT2D eigenvalue weighted by Gasteiger charge is -2.38. The van der Waals surface area contributed by atoms with Crippen LogP contribution in [0, 0.1) is 11.8 Å². The van der Waals surface area contributed by atoms with Crippen LogP contribution in [0.25, 0.3) is 0 Å². The van der Waals surface area contributed by atoms with Gasteiger partial charge in [0.25, 0.3) is 0 Å². The molecule has 2 nitrogen and oxygen atoms in total. The minimum atomic E-state index is -4.10. The molecule has 19 heavy (non-hydrogen) atoms. The van der Waals surface area contributed by atoms with Crippen molar-refractivity contribution in [1.29, 1.82) is 0 Å². The van der Waals surface area contributed by atoms with Crippen molar-refractivity contribution in [3.8, 4) is 0 Å². The number of alkyl halides is 3. The number of nitrogens with zero attached hydrogens (tertiary/aromatic N) is 1. The van der Waals surface area contributed by atoms with Gasteiger partial charge in [-0.2, -0.15) is 13.2 Å². The molecule has 1 N–H and O–H groups in total. The highest BCUT2D eigenvalue weighted by Gasteiger charge is 2.33. The average molecular weight is 280 g/mol. The molecule has 1 fully saturated rings. The molecule has 1 aliphatic rings. The van der Waals surface area contributed by atoms with Crippen LogP contribution in [0.2, 0.25) is 0 Å². The van der Waals surface area contributed by atoms with Crippen molar-refractivity contribution in [1.82, 2.24) is 10.2 Å². The molecule has 0 aromatic carbocycles. The van der Waals surface area contributed by atoms with Crippen LogP contribution < -0.4 is 5.32 Å². The third-order valence-electron chi connectivity index (χ3n) is 4.15. The lowest BCUT2D eigenvalue weighted by molar-refractivity contribution is -0.144. The summed E-state index contributed by atoms with van der Waals surface area (Å²) in [6.07, 6.45) is 1.63. The van der Waals surface area contributed by atoms with Crippen molar-refractivity contribution in [3.05, 3.63) is 0 Å². The van der Waals surface area contributed by atoms with Gasteiger partial charge in [0.1, 0.15) is 0 Å². The second kappa shape index (κ2) is 7.48. The van der Waals surface area contributed by atoms with Gasteiger partial charge in [-0.1, -0.05) is 19.8 Å². The van der Waals surface area contributed by atoms with E-state index in [4.69, 9.17) is 0 Å². The fraction of sp³-hybridized carbons (Fsp3) is 1.00. The van der Waals surface area contributed by atoms with Crippen molar-refractivity contribution in [2.75, 3.05) is 27.2 Å². The zero-order valence-corrected chi connectivity index (χ0v) is 12.3. The van der Waals surface area contributed by atoms with Crippen molar-refractivity contribution in [2.24, 2.45) is 11.8 Å². The fourth-order valence-electron chi connectivity index (χ4n) is 3.38. The lowest BCUT2D eigenvalue weighted by Crippen LogP contribution is -2.45. The number of hydrogen-bond acceptors (Lipinski definition) is 2. The highest BCUT2D eigenvalue weighted by Crippen LogP contribution is 2.32. The zero-order valence-electron chi connectivity index (χ0n) is 12.3. The van der Waals surface area contributed by atoms with Gasteiger partial charge in [-0.3, -0.25) is 4.90 Å². The van der Waals surface area contributed by atoms with Gasteiger partial charge in [-0.15, -0.1) is 0 Å². The molecule has 114 valence electrons. The number of halogens is 3. The Morgan fingerprint density at radius 3 is 2.47 bits per heavy atom. The maximum Gasteiger partial charge on any atom is 0.401 e. The Morgan fingerprint density at radius 1 is 1.26 bits per heavy atom. The summed E-state index contributed by atoms with van der Waals surface area (Å²) in [5.41, 5.74) is 0. The van der Waals surface area contributed by atoms with E-state index in [1.165, 1.54) is 24.2 Å². The van der Waals surface area contributed by atoms with E-state index in [9.17, 15) is 13.2 Å². The van der Waals surface area contributed by atoms with Gasteiger partial charge in [-0.25, -0.2) is 0 Å². The third kappa shape index (κ3) is 6.13. The van der Waals surface area contributed by atoms with Gasteiger partial charge in [0.05, 0.1) is 6.54 Å². The average Bonchev–Trinajstić information content (AvgIpc) is 2.27. The van der Waals surface area contributed by atoms with E-state index in [0.717, 1.165) is 12.8 Å². The van der Waals surface area contributed by atoms with Crippen LogP contribution in [0.3, 0.4) is 0 Å². The minimum Gasteiger partial charge on any atom is -0.317 e. The van der Waals surface area contributed by atoms with Crippen LogP contribution >= 0.6 is 0 Å². The molecule has 0 aromatic rings. The zero-order chi connectivity index (χ0) is 14.5. The van der Waals surface area contributed by atoms with Gasteiger partial charge < -0.3 is 5.32 Å². The highest BCUT2D eigenvalue weighted by molar-refractivity contribution is 4.85. The largest absolute Gasteiger partial charge is 0.401 e. The summed E-state index contributed by atoms with van der Waals surface area (Å²) in [5, 5.41) is 3.28. The molecule has 0 spiro atoms. The maximum atomic E-state index is 12.4. The predicted octanol–water partition coefficient (Wildman–Crippen LogP) is 3.28.